The van der Waals surface area contributed by atoms with Gasteiger partial charge in [-0.2, -0.15) is 10.2 Å². The van der Waals surface area contributed by atoms with Crippen LogP contribution >= 0.6 is 0 Å². The minimum absolute atomic E-state index is 0.413. The van der Waals surface area contributed by atoms with Gasteiger partial charge in [-0.05, 0) is 64.3 Å². The van der Waals surface area contributed by atoms with E-state index in [9.17, 15) is 0 Å². The number of aromatic amines is 1. The maximum atomic E-state index is 4.80. The van der Waals surface area contributed by atoms with Crippen LogP contribution in [0.25, 0.3) is 16.9 Å². The lowest BCUT2D eigenvalue weighted by atomic mass is 9.81. The summed E-state index contributed by atoms with van der Waals surface area (Å²) >= 11 is 0. The lowest BCUT2D eigenvalue weighted by Gasteiger charge is -2.30. The molecule has 2 N–H and O–H groups in total. The number of hydrogen-bond acceptors (Lipinski definition) is 5. The Hall–Kier alpha value is -2.25. The highest BCUT2D eigenvalue weighted by atomic mass is 15.3. The molecule has 7 nitrogen and oxygen atoms in total. The Morgan fingerprint density at radius 2 is 2.00 bits per heavy atom. The van der Waals surface area contributed by atoms with Gasteiger partial charge in [-0.25, -0.2) is 9.50 Å². The zero-order valence-corrected chi connectivity index (χ0v) is 18.9. The molecule has 0 atom stereocenters. The highest BCUT2D eigenvalue weighted by molar-refractivity contribution is 5.68. The van der Waals surface area contributed by atoms with Gasteiger partial charge in [0.2, 0.25) is 0 Å². The van der Waals surface area contributed by atoms with E-state index < -0.39 is 0 Å². The molecular formula is C23H35N7. The molecule has 4 rings (SSSR count). The average Bonchev–Trinajstić information content (AvgIpc) is 3.35. The molecule has 3 heterocycles. The first-order valence-corrected chi connectivity index (χ1v) is 11.2. The Morgan fingerprint density at radius 3 is 2.70 bits per heavy atom. The monoisotopic (exact) mass is 409 g/mol. The van der Waals surface area contributed by atoms with Crippen molar-refractivity contribution >= 4 is 5.65 Å². The van der Waals surface area contributed by atoms with Gasteiger partial charge in [0.1, 0.15) is 6.33 Å². The van der Waals surface area contributed by atoms with Crippen molar-refractivity contribution in [3.63, 3.8) is 0 Å². The predicted molar refractivity (Wildman–Crippen MR) is 121 cm³/mol. The fraction of sp³-hybridized carbons (Fsp3) is 0.609. The van der Waals surface area contributed by atoms with Crippen LogP contribution < -0.4 is 5.32 Å². The number of nitrogens with zero attached hydrogens (tertiary/aromatic N) is 5. The first kappa shape index (κ1) is 21.0. The van der Waals surface area contributed by atoms with Crippen LogP contribution in [0.15, 0.2) is 18.6 Å². The van der Waals surface area contributed by atoms with E-state index in [4.69, 9.17) is 5.10 Å². The summed E-state index contributed by atoms with van der Waals surface area (Å²) in [6.07, 6.45) is 8.54. The van der Waals surface area contributed by atoms with Gasteiger partial charge in [-0.15, -0.1) is 0 Å². The molecule has 1 aliphatic rings. The molecule has 1 fully saturated rings. The lowest BCUT2D eigenvalue weighted by Crippen LogP contribution is -2.37. The number of likely N-dealkylation sites (N-methyl/N-ethyl adjacent to an activating group) is 1. The molecule has 3 aromatic heterocycles. The molecule has 0 unspecified atom stereocenters. The lowest BCUT2D eigenvalue weighted by molar-refractivity contribution is 0.318. The zero-order valence-electron chi connectivity index (χ0n) is 18.9. The molecule has 0 aliphatic heterocycles. The minimum atomic E-state index is 0.413. The summed E-state index contributed by atoms with van der Waals surface area (Å²) in [6, 6.07) is 2.82. The van der Waals surface area contributed by atoms with E-state index in [2.05, 4.69) is 66.3 Å². The molecule has 0 spiro atoms. The second kappa shape index (κ2) is 8.86. The van der Waals surface area contributed by atoms with Gasteiger partial charge in [0.25, 0.3) is 0 Å². The zero-order chi connectivity index (χ0) is 21.3. The molecule has 7 heteroatoms. The summed E-state index contributed by atoms with van der Waals surface area (Å²) in [5, 5.41) is 16.3. The van der Waals surface area contributed by atoms with Gasteiger partial charge in [-0.3, -0.25) is 5.10 Å². The molecule has 0 radical (unpaired) electrons. The van der Waals surface area contributed by atoms with Gasteiger partial charge >= 0.3 is 0 Å². The molecule has 30 heavy (non-hydrogen) atoms. The summed E-state index contributed by atoms with van der Waals surface area (Å²) in [5.74, 6) is 0.975. The first-order chi connectivity index (χ1) is 14.4. The highest BCUT2D eigenvalue weighted by Gasteiger charge is 2.28. The highest BCUT2D eigenvalue weighted by Crippen LogP contribution is 2.39. The minimum Gasteiger partial charge on any atom is -0.313 e. The molecule has 0 bridgehead atoms. The smallest absolute Gasteiger partial charge is 0.158 e. The number of pyridine rings is 1. The van der Waals surface area contributed by atoms with Crippen LogP contribution in [-0.2, 0) is 0 Å². The van der Waals surface area contributed by atoms with Gasteiger partial charge in [-0.1, -0.05) is 13.8 Å². The summed E-state index contributed by atoms with van der Waals surface area (Å²) in [4.78, 5) is 6.58. The Morgan fingerprint density at radius 1 is 1.23 bits per heavy atom. The summed E-state index contributed by atoms with van der Waals surface area (Å²) in [5.41, 5.74) is 6.89. The van der Waals surface area contributed by atoms with Crippen molar-refractivity contribution in [1.29, 1.82) is 0 Å². The van der Waals surface area contributed by atoms with E-state index >= 15 is 0 Å². The number of aryl methyl sites for hydroxylation is 1. The van der Waals surface area contributed by atoms with Gasteiger partial charge < -0.3 is 10.2 Å². The van der Waals surface area contributed by atoms with Crippen LogP contribution in [0.3, 0.4) is 0 Å². The normalized spacial score (nSPS) is 20.0. The van der Waals surface area contributed by atoms with Gasteiger partial charge in [0.05, 0.1) is 5.69 Å². The largest absolute Gasteiger partial charge is 0.313 e. The molecule has 162 valence electrons. The molecule has 0 amide bonds. The fourth-order valence-corrected chi connectivity index (χ4v) is 4.78. The summed E-state index contributed by atoms with van der Waals surface area (Å²) in [7, 11) is 4.26. The number of H-pyrrole nitrogens is 1. The van der Waals surface area contributed by atoms with Crippen molar-refractivity contribution in [2.24, 2.45) is 0 Å². The van der Waals surface area contributed by atoms with E-state index in [1.807, 2.05) is 10.7 Å². The predicted octanol–water partition coefficient (Wildman–Crippen LogP) is 3.73. The maximum Gasteiger partial charge on any atom is 0.158 e. The van der Waals surface area contributed by atoms with E-state index in [1.165, 1.54) is 36.9 Å². The summed E-state index contributed by atoms with van der Waals surface area (Å²) < 4.78 is 1.85. The second-order valence-corrected chi connectivity index (χ2v) is 9.30. The molecule has 1 aliphatic carbocycles. The van der Waals surface area contributed by atoms with E-state index in [0.717, 1.165) is 35.6 Å². The fourth-order valence-electron chi connectivity index (χ4n) is 4.78. The molecule has 0 aromatic carbocycles. The maximum absolute atomic E-state index is 4.80. The molecule has 3 aromatic rings. The van der Waals surface area contributed by atoms with Crippen molar-refractivity contribution in [1.82, 2.24) is 35.0 Å². The Labute approximate surface area is 179 Å². The van der Waals surface area contributed by atoms with Crippen molar-refractivity contribution in [2.45, 2.75) is 64.3 Å². The van der Waals surface area contributed by atoms with Crippen molar-refractivity contribution in [3.8, 4) is 11.3 Å². The Balaban J connectivity index is 1.53. The SMILES string of the molecule is Cc1cc(-c2n[nH]c(C3CCC(NCCN(C)C)CC3)c2C(C)C)cn2ncnc12. The van der Waals surface area contributed by atoms with Crippen LogP contribution in [0, 0.1) is 6.92 Å². The van der Waals surface area contributed by atoms with Crippen LogP contribution in [0.1, 0.15) is 68.2 Å². The first-order valence-electron chi connectivity index (χ1n) is 11.2. The van der Waals surface area contributed by atoms with Crippen molar-refractivity contribution < 1.29 is 0 Å². The van der Waals surface area contributed by atoms with Crippen LogP contribution in [-0.4, -0.2) is 62.9 Å². The third-order valence-electron chi connectivity index (χ3n) is 6.37. The standard InChI is InChI=1S/C23H35N7/c1-15(2)20-21(17-6-8-19(9-7-17)24-10-11-29(4)5)27-28-22(20)18-12-16(3)23-25-14-26-30(23)13-18/h12-15,17,19,24H,6-11H2,1-5H3,(H,27,28). The van der Waals surface area contributed by atoms with E-state index in [0.29, 0.717) is 17.9 Å². The number of nitrogens with one attached hydrogen (secondary N) is 2. The number of hydrogen-bond donors (Lipinski definition) is 2. The quantitative estimate of drug-likeness (QED) is 0.622. The second-order valence-electron chi connectivity index (χ2n) is 9.30. The van der Waals surface area contributed by atoms with Gasteiger partial charge in [0.15, 0.2) is 5.65 Å². The van der Waals surface area contributed by atoms with E-state index in [1.54, 1.807) is 6.33 Å². The van der Waals surface area contributed by atoms with Crippen LogP contribution in [0.5, 0.6) is 0 Å². The third-order valence-corrected chi connectivity index (χ3v) is 6.37. The number of aromatic nitrogens is 5. The number of fused-ring (bicyclic) bond motifs is 1. The number of rotatable bonds is 7. The molecule has 1 saturated carbocycles. The summed E-state index contributed by atoms with van der Waals surface area (Å²) in [6.45, 7) is 8.79. The van der Waals surface area contributed by atoms with Crippen molar-refractivity contribution in [3.05, 3.63) is 35.4 Å². The van der Waals surface area contributed by atoms with Gasteiger partial charge in [0, 0.05) is 48.1 Å². The van der Waals surface area contributed by atoms with E-state index in [-0.39, 0.29) is 0 Å². The molecule has 0 saturated heterocycles. The van der Waals surface area contributed by atoms with Crippen LogP contribution in [0.2, 0.25) is 0 Å². The third kappa shape index (κ3) is 4.27. The Kier molecular flexibility index (Phi) is 6.20. The van der Waals surface area contributed by atoms with Crippen molar-refractivity contribution in [2.75, 3.05) is 27.2 Å². The van der Waals surface area contributed by atoms with Crippen LogP contribution in [0.4, 0.5) is 0 Å². The topological polar surface area (TPSA) is 74.1 Å². The average molecular weight is 410 g/mol. The Bertz CT molecular complexity index is 977. The molecular weight excluding hydrogens is 374 g/mol.